The van der Waals surface area contributed by atoms with E-state index in [1.54, 1.807) is 12.1 Å². The molecule has 0 radical (unpaired) electrons. The van der Waals surface area contributed by atoms with E-state index >= 15 is 0 Å². The maximum absolute atomic E-state index is 12.2. The van der Waals surface area contributed by atoms with Crippen molar-refractivity contribution in [3.05, 3.63) is 222 Å². The number of hydrogen-bond acceptors (Lipinski definition) is 13. The van der Waals surface area contributed by atoms with Crippen molar-refractivity contribution in [2.24, 2.45) is 0 Å². The molecule has 0 fully saturated rings. The zero-order valence-electron chi connectivity index (χ0n) is 42.2. The number of anilines is 2. The third-order valence-corrected chi connectivity index (χ3v) is 11.7. The van der Waals surface area contributed by atoms with Crippen LogP contribution in [0.25, 0.3) is 71.5 Å². The van der Waals surface area contributed by atoms with E-state index in [-0.39, 0.29) is 44.5 Å². The third-order valence-electron chi connectivity index (χ3n) is 11.7. The minimum Gasteiger partial charge on any atom is -0.457 e. The number of aliphatic hydroxyl groups excluding tert-OH is 2. The molecule has 19 heteroatoms. The molecule has 0 aliphatic carbocycles. The molecule has 0 unspecified atom stereocenters. The number of aromatic nitrogens is 6. The Morgan fingerprint density at radius 3 is 1.49 bits per heavy atom. The number of benzene rings is 6. The van der Waals surface area contributed by atoms with E-state index in [1.807, 2.05) is 167 Å². The molecular weight excluding hydrogens is 1000 g/mol. The van der Waals surface area contributed by atoms with E-state index in [2.05, 4.69) is 40.3 Å². The molecule has 8 N–H and O–H groups in total. The van der Waals surface area contributed by atoms with Crippen LogP contribution in [0.15, 0.2) is 188 Å². The average Bonchev–Trinajstić information content (AvgIpc) is 4.11. The van der Waals surface area contributed by atoms with Gasteiger partial charge in [0.2, 0.25) is 5.91 Å². The second kappa shape index (κ2) is 26.5. The quantitative estimate of drug-likeness (QED) is 0.0300. The molecule has 0 saturated carbocycles. The van der Waals surface area contributed by atoms with Gasteiger partial charge in [0.1, 0.15) is 53.6 Å². The number of para-hydroxylation sites is 2. The van der Waals surface area contributed by atoms with Crippen LogP contribution in [0.3, 0.4) is 0 Å². The molecular formula is C60H50N12O7. The maximum atomic E-state index is 12.2. The van der Waals surface area contributed by atoms with Crippen LogP contribution in [0, 0.1) is 13.1 Å². The molecule has 19 nitrogen and oxygen atoms in total. The Labute approximate surface area is 453 Å². The van der Waals surface area contributed by atoms with Crippen LogP contribution in [0.1, 0.15) is 15.9 Å². The highest BCUT2D eigenvalue weighted by molar-refractivity contribution is 6.03. The summed E-state index contributed by atoms with van der Waals surface area (Å²) >= 11 is 0. The van der Waals surface area contributed by atoms with E-state index in [0.717, 1.165) is 62.5 Å². The summed E-state index contributed by atoms with van der Waals surface area (Å²) in [6.07, 6.45) is 9.09. The molecule has 0 aliphatic rings. The predicted octanol–water partition coefficient (Wildman–Crippen LogP) is 9.12. The number of aliphatic hydroxyl groups is 2. The molecule has 0 spiro atoms. The number of hydrogen-bond donors (Lipinski definition) is 6. The molecule has 0 bridgehead atoms. The minimum absolute atomic E-state index is 0.0738. The summed E-state index contributed by atoms with van der Waals surface area (Å²) in [6, 6.07) is 49.4. The summed E-state index contributed by atoms with van der Waals surface area (Å²) in [5, 5.41) is 23.4. The largest absolute Gasteiger partial charge is 0.457 e. The summed E-state index contributed by atoms with van der Waals surface area (Å²) < 4.78 is 15.6. The number of ether oxygens (including phenoxy) is 2. The molecule has 0 atom stereocenters. The maximum Gasteiger partial charge on any atom is 0.300 e. The highest BCUT2D eigenvalue weighted by Crippen LogP contribution is 2.37. The van der Waals surface area contributed by atoms with Crippen LogP contribution >= 0.6 is 0 Å². The van der Waals surface area contributed by atoms with Crippen LogP contribution < -0.4 is 31.6 Å². The van der Waals surface area contributed by atoms with Gasteiger partial charge < -0.3 is 55.8 Å². The van der Waals surface area contributed by atoms with Crippen LogP contribution in [0.2, 0.25) is 0 Å². The zero-order valence-corrected chi connectivity index (χ0v) is 42.2. The van der Waals surface area contributed by atoms with Gasteiger partial charge in [0.05, 0.1) is 30.6 Å². The average molecular weight is 1050 g/mol. The summed E-state index contributed by atoms with van der Waals surface area (Å²) in [5.74, 6) is 2.84. The van der Waals surface area contributed by atoms with Gasteiger partial charge in [-0.25, -0.2) is 31.4 Å². The first kappa shape index (κ1) is 54.3. The highest BCUT2D eigenvalue weighted by Gasteiger charge is 2.19. The summed E-state index contributed by atoms with van der Waals surface area (Å²) in [5.41, 5.74) is 20.2. The Balaban J connectivity index is 0.000000183. The van der Waals surface area contributed by atoms with E-state index in [1.165, 1.54) is 18.7 Å². The fourth-order valence-corrected chi connectivity index (χ4v) is 8.06. The van der Waals surface area contributed by atoms with E-state index < -0.39 is 5.91 Å². The second-order valence-corrected chi connectivity index (χ2v) is 16.9. The number of nitrogen functional groups attached to an aromatic ring is 2. The molecule has 4 aromatic heterocycles. The van der Waals surface area contributed by atoms with Crippen molar-refractivity contribution in [2.45, 2.75) is 0 Å². The first-order valence-electron chi connectivity index (χ1n) is 24.4. The molecule has 4 heterocycles. The number of carbonyl (C=O) groups excluding carboxylic acids is 3. The van der Waals surface area contributed by atoms with E-state index in [4.69, 9.17) is 44.3 Å². The minimum atomic E-state index is -0.543. The van der Waals surface area contributed by atoms with Crippen LogP contribution in [-0.2, 0) is 9.59 Å². The number of aldehydes is 1. The lowest BCUT2D eigenvalue weighted by atomic mass is 10.1. The fraction of sp³-hybridized carbons (Fsp3) is 0.0833. The van der Waals surface area contributed by atoms with Crippen molar-refractivity contribution in [2.75, 3.05) is 44.3 Å². The van der Waals surface area contributed by atoms with Crippen LogP contribution in [-0.4, -0.2) is 90.2 Å². The summed E-state index contributed by atoms with van der Waals surface area (Å²) in [7, 11) is 0. The Kier molecular flexibility index (Phi) is 18.2. The fourth-order valence-electron chi connectivity index (χ4n) is 8.06. The first-order chi connectivity index (χ1) is 38.6. The second-order valence-electron chi connectivity index (χ2n) is 16.9. The molecule has 0 aliphatic heterocycles. The lowest BCUT2D eigenvalue weighted by molar-refractivity contribution is -0.119. The molecule has 6 aromatic carbocycles. The van der Waals surface area contributed by atoms with Gasteiger partial charge in [0, 0.05) is 53.5 Å². The topological polar surface area (TPSA) is 256 Å². The van der Waals surface area contributed by atoms with Crippen LogP contribution in [0.5, 0.6) is 23.0 Å². The molecule has 0 saturated heterocycles. The molecule has 79 heavy (non-hydrogen) atoms. The number of nitrogens with one attached hydrogen (secondary N) is 2. The van der Waals surface area contributed by atoms with Crippen molar-refractivity contribution in [1.82, 2.24) is 39.7 Å². The first-order valence-corrected chi connectivity index (χ1v) is 24.4. The molecule has 2 amide bonds. The Hall–Kier alpha value is -11.0. The normalized spacial score (nSPS) is 10.7. The van der Waals surface area contributed by atoms with Gasteiger partial charge in [-0.1, -0.05) is 84.9 Å². The van der Waals surface area contributed by atoms with Crippen molar-refractivity contribution in [1.29, 1.82) is 0 Å². The van der Waals surface area contributed by atoms with Gasteiger partial charge in [-0.2, -0.15) is 0 Å². The Morgan fingerprint density at radius 2 is 1.04 bits per heavy atom. The Bertz CT molecular complexity index is 3850. The summed E-state index contributed by atoms with van der Waals surface area (Å²) in [4.78, 5) is 57.4. The smallest absolute Gasteiger partial charge is 0.300 e. The SMILES string of the molecule is Nc1ncnc2c1c(-c1ccc(Oc3ccccc3)cc1)cn2-c1cccc(C=O)c1.[C-]#[N+]/C(=C\c1cccc(-n2cc(-c3ccc(Oc4ccccc4)cc3)c3c(N)ncnc32)c1)C(=O)NCCO.[C-]#[N+]CC(=O)NCCO. The van der Waals surface area contributed by atoms with Crippen molar-refractivity contribution >= 4 is 57.9 Å². The number of fused-ring (bicyclic) bond motifs is 2. The van der Waals surface area contributed by atoms with Gasteiger partial charge in [0.15, 0.2) is 11.3 Å². The lowest BCUT2D eigenvalue weighted by Gasteiger charge is -2.07. The molecule has 392 valence electrons. The highest BCUT2D eigenvalue weighted by atomic mass is 16.5. The van der Waals surface area contributed by atoms with E-state index in [0.29, 0.717) is 45.2 Å². The third kappa shape index (κ3) is 13.7. The van der Waals surface area contributed by atoms with E-state index in [9.17, 15) is 14.4 Å². The number of nitrogens with two attached hydrogens (primary N) is 2. The van der Waals surface area contributed by atoms with Crippen LogP contribution in [0.4, 0.5) is 11.6 Å². The zero-order chi connectivity index (χ0) is 55.5. The van der Waals surface area contributed by atoms with Gasteiger partial charge in [-0.15, -0.1) is 0 Å². The number of nitrogens with zero attached hydrogens (tertiary/aromatic N) is 8. The van der Waals surface area contributed by atoms with Gasteiger partial charge in [-0.3, -0.25) is 14.4 Å². The van der Waals surface area contributed by atoms with Gasteiger partial charge >= 0.3 is 0 Å². The van der Waals surface area contributed by atoms with Crippen molar-refractivity contribution < 1.29 is 34.1 Å². The molecule has 10 rings (SSSR count). The number of amides is 2. The van der Waals surface area contributed by atoms with Gasteiger partial charge in [-0.05, 0) is 95.6 Å². The van der Waals surface area contributed by atoms with Crippen molar-refractivity contribution in [3.63, 3.8) is 0 Å². The lowest BCUT2D eigenvalue weighted by Crippen LogP contribution is -2.27. The number of carbonyl (C=O) groups is 3. The Morgan fingerprint density at radius 1 is 0.582 bits per heavy atom. The predicted molar refractivity (Wildman–Crippen MR) is 302 cm³/mol. The standard InChI is InChI=1S/C30H24N6O3.C25H18N4O2.C5H8N2O2/c1-32-26(30(38)33-14-15-37)17-20-6-5-7-22(16-20)36-18-25(27-28(31)34-19-35-29(27)36)21-10-12-24(13-11-21)39-23-8-3-2-4-9-23;26-24-23-22(18-9-11-21(12-10-18)31-20-7-2-1-3-8-20)14-29(25(23)28-16-27-24)19-6-4-5-17(13-19)15-30;1-6-4-5(9)7-2-3-8/h2-13,16-19,37H,14-15H2,(H,33,38)(H2,31,34,35);1-16H,(H2,26,27,28);8H,2-4H2,(H,7,9)/b26-17-;;. The molecule has 10 aromatic rings. The number of rotatable bonds is 16. The monoisotopic (exact) mass is 1050 g/mol. The van der Waals surface area contributed by atoms with Crippen molar-refractivity contribution in [3.8, 4) is 56.6 Å². The van der Waals surface area contributed by atoms with Gasteiger partial charge in [0.25, 0.3) is 18.1 Å². The summed E-state index contributed by atoms with van der Waals surface area (Å²) in [6.45, 7) is 13.5.